The van der Waals surface area contributed by atoms with Crippen LogP contribution >= 0.6 is 11.6 Å². The number of fused-ring (bicyclic) bond motifs is 1. The molecule has 0 unspecified atom stereocenters. The van der Waals surface area contributed by atoms with Crippen molar-refractivity contribution in [3.63, 3.8) is 0 Å². The average molecular weight is 419 g/mol. The molecule has 0 saturated heterocycles. The first-order valence-electron chi connectivity index (χ1n) is 10.2. The fraction of sp³-hybridized carbons (Fsp3) is 0.250. The van der Waals surface area contributed by atoms with Crippen molar-refractivity contribution in [1.82, 2.24) is 10.2 Å². The number of benzodiazepines with no additional fused rings is 1. The maximum atomic E-state index is 6.41. The van der Waals surface area contributed by atoms with Crippen LogP contribution in [-0.4, -0.2) is 29.6 Å². The number of nitrogens with one attached hydrogen (secondary N) is 1. The van der Waals surface area contributed by atoms with Crippen molar-refractivity contribution in [2.24, 2.45) is 4.99 Å². The highest BCUT2D eigenvalue weighted by molar-refractivity contribution is 6.31. The van der Waals surface area contributed by atoms with E-state index in [9.17, 15) is 0 Å². The van der Waals surface area contributed by atoms with E-state index in [1.54, 1.807) is 7.11 Å². The van der Waals surface area contributed by atoms with Crippen molar-refractivity contribution in [1.29, 1.82) is 0 Å². The minimum Gasteiger partial charge on any atom is -0.497 e. The van der Waals surface area contributed by atoms with Crippen LogP contribution in [-0.2, 0) is 6.54 Å². The van der Waals surface area contributed by atoms with E-state index in [-0.39, 0.29) is 0 Å². The molecule has 1 N–H and O–H groups in total. The number of H-pyrrole nitrogens is 1. The maximum absolute atomic E-state index is 6.41. The van der Waals surface area contributed by atoms with Gasteiger partial charge in [0.25, 0.3) is 0 Å². The van der Waals surface area contributed by atoms with Crippen molar-refractivity contribution in [3.05, 3.63) is 87.8 Å². The molecule has 0 radical (unpaired) electrons. The van der Waals surface area contributed by atoms with Gasteiger partial charge in [0.15, 0.2) is 0 Å². The monoisotopic (exact) mass is 418 g/mol. The third-order valence-corrected chi connectivity index (χ3v) is 6.09. The molecule has 2 aromatic carbocycles. The second kappa shape index (κ2) is 8.00. The number of benzene rings is 2. The molecule has 6 heteroatoms. The summed E-state index contributed by atoms with van der Waals surface area (Å²) in [6.07, 6.45) is 7.25. The van der Waals surface area contributed by atoms with E-state index in [2.05, 4.69) is 33.3 Å². The SMILES string of the molecule is COc1ccc(CN2C(=C3CCC3)CN=C(c3cn[nH]c3)c3cc(Cl)ccc32)cc1. The van der Waals surface area contributed by atoms with Crippen LogP contribution in [0.4, 0.5) is 5.69 Å². The van der Waals surface area contributed by atoms with Crippen LogP contribution in [0.3, 0.4) is 0 Å². The zero-order valence-corrected chi connectivity index (χ0v) is 17.6. The predicted octanol–water partition coefficient (Wildman–Crippen LogP) is 5.37. The normalized spacial score (nSPS) is 15.9. The summed E-state index contributed by atoms with van der Waals surface area (Å²) in [4.78, 5) is 7.45. The van der Waals surface area contributed by atoms with Crippen LogP contribution in [0.2, 0.25) is 5.02 Å². The number of aromatic nitrogens is 2. The number of hydrogen-bond donors (Lipinski definition) is 1. The molecule has 30 heavy (non-hydrogen) atoms. The Bertz CT molecular complexity index is 1110. The van der Waals surface area contributed by atoms with Crippen molar-refractivity contribution >= 4 is 23.0 Å². The van der Waals surface area contributed by atoms with Crippen LogP contribution in [0.5, 0.6) is 5.75 Å². The Balaban J connectivity index is 1.63. The van der Waals surface area contributed by atoms with Crippen molar-refractivity contribution in [3.8, 4) is 5.75 Å². The molecule has 2 aliphatic rings. The van der Waals surface area contributed by atoms with Gasteiger partial charge in [-0.05, 0) is 60.7 Å². The van der Waals surface area contributed by atoms with E-state index in [0.29, 0.717) is 11.6 Å². The average Bonchev–Trinajstić information content (AvgIpc) is 3.21. The van der Waals surface area contributed by atoms with Crippen molar-refractivity contribution < 1.29 is 4.74 Å². The number of anilines is 1. The molecule has 3 aromatic rings. The fourth-order valence-corrected chi connectivity index (χ4v) is 4.24. The Morgan fingerprint density at radius 2 is 1.97 bits per heavy atom. The van der Waals surface area contributed by atoms with Crippen molar-refractivity contribution in [2.75, 3.05) is 18.6 Å². The smallest absolute Gasteiger partial charge is 0.118 e. The van der Waals surface area contributed by atoms with E-state index in [4.69, 9.17) is 21.3 Å². The van der Waals surface area contributed by atoms with Crippen LogP contribution in [0.1, 0.15) is 36.0 Å². The highest BCUT2D eigenvalue weighted by Gasteiger charge is 2.27. The summed E-state index contributed by atoms with van der Waals surface area (Å²) in [5.41, 5.74) is 8.09. The molecule has 0 amide bonds. The number of methoxy groups -OCH3 is 1. The summed E-state index contributed by atoms with van der Waals surface area (Å²) < 4.78 is 5.33. The van der Waals surface area contributed by atoms with Crippen molar-refractivity contribution in [2.45, 2.75) is 25.8 Å². The molecule has 0 bridgehead atoms. The lowest BCUT2D eigenvalue weighted by molar-refractivity contribution is 0.414. The highest BCUT2D eigenvalue weighted by atomic mass is 35.5. The van der Waals surface area contributed by atoms with E-state index < -0.39 is 0 Å². The number of allylic oxidation sites excluding steroid dienone is 1. The van der Waals surface area contributed by atoms with E-state index in [1.807, 2.05) is 36.7 Å². The van der Waals surface area contributed by atoms with Gasteiger partial charge in [-0.15, -0.1) is 0 Å². The molecule has 5 nitrogen and oxygen atoms in total. The topological polar surface area (TPSA) is 53.5 Å². The van der Waals surface area contributed by atoms with E-state index >= 15 is 0 Å². The molecule has 5 rings (SSSR count). The van der Waals surface area contributed by atoms with Crippen LogP contribution in [0.25, 0.3) is 0 Å². The molecular weight excluding hydrogens is 396 g/mol. The van der Waals surface area contributed by atoms with Gasteiger partial charge in [0.2, 0.25) is 0 Å². The van der Waals surface area contributed by atoms with Crippen LogP contribution in [0.15, 0.2) is 71.1 Å². The maximum Gasteiger partial charge on any atom is 0.118 e. The number of ether oxygens (including phenoxy) is 1. The second-order valence-corrected chi connectivity index (χ2v) is 8.09. The first-order chi connectivity index (χ1) is 14.7. The molecule has 1 saturated carbocycles. The Morgan fingerprint density at radius 1 is 1.13 bits per heavy atom. The summed E-state index contributed by atoms with van der Waals surface area (Å²) in [6.45, 7) is 1.42. The lowest BCUT2D eigenvalue weighted by Gasteiger charge is -2.32. The third-order valence-electron chi connectivity index (χ3n) is 5.85. The number of aromatic amines is 1. The first-order valence-corrected chi connectivity index (χ1v) is 10.6. The Hall–Kier alpha value is -3.05. The predicted molar refractivity (Wildman–Crippen MR) is 121 cm³/mol. The molecule has 0 atom stereocenters. The lowest BCUT2D eigenvalue weighted by atomic mass is 9.89. The second-order valence-electron chi connectivity index (χ2n) is 7.65. The van der Waals surface area contributed by atoms with Gasteiger partial charge in [-0.1, -0.05) is 23.7 Å². The molecule has 1 aliphatic carbocycles. The van der Waals surface area contributed by atoms with Gasteiger partial charge in [0.05, 0.1) is 31.3 Å². The van der Waals surface area contributed by atoms with Gasteiger partial charge in [-0.3, -0.25) is 10.1 Å². The minimum atomic E-state index is 0.651. The molecule has 1 aliphatic heterocycles. The number of halogens is 1. The lowest BCUT2D eigenvalue weighted by Crippen LogP contribution is -2.26. The fourth-order valence-electron chi connectivity index (χ4n) is 4.07. The van der Waals surface area contributed by atoms with Gasteiger partial charge in [-0.2, -0.15) is 5.10 Å². The largest absolute Gasteiger partial charge is 0.497 e. The molecule has 1 aromatic heterocycles. The summed E-state index contributed by atoms with van der Waals surface area (Å²) in [5, 5.41) is 7.74. The Morgan fingerprint density at radius 3 is 2.63 bits per heavy atom. The van der Waals surface area contributed by atoms with Gasteiger partial charge < -0.3 is 9.64 Å². The molecule has 1 fully saturated rings. The van der Waals surface area contributed by atoms with E-state index in [0.717, 1.165) is 47.7 Å². The van der Waals surface area contributed by atoms with E-state index in [1.165, 1.54) is 23.3 Å². The van der Waals surface area contributed by atoms with Gasteiger partial charge in [-0.25, -0.2) is 0 Å². The molecule has 152 valence electrons. The third kappa shape index (κ3) is 3.50. The molecule has 0 spiro atoms. The Kier molecular flexibility index (Phi) is 5.05. The quantitative estimate of drug-likeness (QED) is 0.619. The van der Waals surface area contributed by atoms with Gasteiger partial charge in [0, 0.05) is 34.6 Å². The zero-order valence-electron chi connectivity index (χ0n) is 16.9. The van der Waals surface area contributed by atoms with Gasteiger partial charge in [0.1, 0.15) is 5.75 Å². The number of nitrogens with zero attached hydrogens (tertiary/aromatic N) is 3. The van der Waals surface area contributed by atoms with Gasteiger partial charge >= 0.3 is 0 Å². The number of hydrogen-bond acceptors (Lipinski definition) is 4. The molecule has 2 heterocycles. The zero-order chi connectivity index (χ0) is 20.5. The Labute approximate surface area is 181 Å². The minimum absolute atomic E-state index is 0.651. The first kappa shape index (κ1) is 18.9. The summed E-state index contributed by atoms with van der Waals surface area (Å²) >= 11 is 6.41. The number of rotatable bonds is 4. The highest BCUT2D eigenvalue weighted by Crippen LogP contribution is 2.38. The molecular formula is C24H23ClN4O. The standard InChI is InChI=1S/C24H23ClN4O/c1-30-20-8-5-16(6-9-20)15-29-22-10-7-19(25)11-21(22)24(18-12-27-28-13-18)26-14-23(29)17-3-2-4-17/h5-13H,2-4,14-15H2,1H3,(H,27,28). The number of aliphatic imine (C=N–C) groups is 1. The van der Waals surface area contributed by atoms with Crippen LogP contribution in [0, 0.1) is 0 Å². The summed E-state index contributed by atoms with van der Waals surface area (Å²) in [5.74, 6) is 0.866. The van der Waals surface area contributed by atoms with Crippen LogP contribution < -0.4 is 9.64 Å². The summed E-state index contributed by atoms with van der Waals surface area (Å²) in [6, 6.07) is 14.4. The summed E-state index contributed by atoms with van der Waals surface area (Å²) in [7, 11) is 1.69.